The van der Waals surface area contributed by atoms with Gasteiger partial charge in [0.2, 0.25) is 0 Å². The van der Waals surface area contributed by atoms with Gasteiger partial charge in [0.1, 0.15) is 0 Å². The first-order chi connectivity index (χ1) is 10.1. The second kappa shape index (κ2) is 6.88. The van der Waals surface area contributed by atoms with Crippen LogP contribution in [0, 0.1) is 5.41 Å². The molecule has 1 aliphatic rings. The van der Waals surface area contributed by atoms with Gasteiger partial charge in [0, 0.05) is 5.41 Å². The number of carbonyl (C=O) groups is 2. The van der Waals surface area contributed by atoms with Crippen LogP contribution in [-0.2, 0) is 9.53 Å². The normalized spacial score (nSPS) is 25.6. The van der Waals surface area contributed by atoms with Gasteiger partial charge in [-0.1, -0.05) is 44.9 Å². The molecule has 21 heavy (non-hydrogen) atoms. The van der Waals surface area contributed by atoms with Crippen molar-refractivity contribution in [3.05, 3.63) is 35.9 Å². The van der Waals surface area contributed by atoms with Crippen molar-refractivity contribution in [2.24, 2.45) is 5.41 Å². The molecule has 1 aromatic rings. The monoisotopic (exact) mass is 288 g/mol. The summed E-state index contributed by atoms with van der Waals surface area (Å²) in [6, 6.07) is 8.87. The van der Waals surface area contributed by atoms with Gasteiger partial charge in [0.15, 0.2) is 11.9 Å². The Hall–Kier alpha value is -1.64. The van der Waals surface area contributed by atoms with Crippen molar-refractivity contribution in [1.82, 2.24) is 0 Å². The standard InChI is InChI=1S/C18H24O3/c1-3-4-12-18(2)13-8-11-15(16(18)19)21-17(20)14-9-6-5-7-10-14/h5-7,9-10,15H,3-4,8,11-13H2,1-2H3/t15-,18-/m0/s1. The molecule has 0 saturated heterocycles. The molecule has 0 radical (unpaired) electrons. The number of carbonyl (C=O) groups excluding carboxylic acids is 2. The number of Topliss-reactive ketones (excluding diaryl/α,β-unsaturated/α-hetero) is 1. The highest BCUT2D eigenvalue weighted by atomic mass is 16.5. The first kappa shape index (κ1) is 15.7. The van der Waals surface area contributed by atoms with Gasteiger partial charge in [0.05, 0.1) is 5.56 Å². The van der Waals surface area contributed by atoms with Gasteiger partial charge in [-0.25, -0.2) is 4.79 Å². The van der Waals surface area contributed by atoms with Crippen LogP contribution in [0.15, 0.2) is 30.3 Å². The van der Waals surface area contributed by atoms with E-state index in [0.717, 1.165) is 32.1 Å². The van der Waals surface area contributed by atoms with E-state index in [0.29, 0.717) is 12.0 Å². The minimum absolute atomic E-state index is 0.103. The van der Waals surface area contributed by atoms with Crippen LogP contribution in [0.4, 0.5) is 0 Å². The zero-order valence-electron chi connectivity index (χ0n) is 12.9. The molecule has 1 fully saturated rings. The molecule has 0 aromatic heterocycles. The topological polar surface area (TPSA) is 43.4 Å². The SMILES string of the molecule is CCCC[C@@]1(C)CCC[C@H](OC(=O)c2ccccc2)C1=O. The van der Waals surface area contributed by atoms with Crippen molar-refractivity contribution in [3.63, 3.8) is 0 Å². The summed E-state index contributed by atoms with van der Waals surface area (Å²) in [5.41, 5.74) is 0.182. The predicted molar refractivity (Wildman–Crippen MR) is 82.1 cm³/mol. The molecular weight excluding hydrogens is 264 g/mol. The van der Waals surface area contributed by atoms with E-state index in [-0.39, 0.29) is 11.2 Å². The van der Waals surface area contributed by atoms with Gasteiger partial charge in [-0.3, -0.25) is 4.79 Å². The number of unbranched alkanes of at least 4 members (excludes halogenated alkanes) is 1. The van der Waals surface area contributed by atoms with Crippen LogP contribution < -0.4 is 0 Å². The summed E-state index contributed by atoms with van der Waals surface area (Å²) in [5.74, 6) is -0.292. The molecule has 0 amide bonds. The molecule has 0 N–H and O–H groups in total. The number of benzene rings is 1. The first-order valence-electron chi connectivity index (χ1n) is 7.87. The summed E-state index contributed by atoms with van der Waals surface area (Å²) in [5, 5.41) is 0. The van der Waals surface area contributed by atoms with Gasteiger partial charge in [-0.2, -0.15) is 0 Å². The zero-order chi connectivity index (χ0) is 15.3. The van der Waals surface area contributed by atoms with E-state index in [1.807, 2.05) is 13.0 Å². The van der Waals surface area contributed by atoms with Gasteiger partial charge in [0.25, 0.3) is 0 Å². The lowest BCUT2D eigenvalue weighted by atomic mass is 9.70. The molecule has 0 bridgehead atoms. The maximum absolute atomic E-state index is 12.6. The number of rotatable bonds is 5. The van der Waals surface area contributed by atoms with Gasteiger partial charge < -0.3 is 4.74 Å². The molecule has 0 aliphatic heterocycles. The van der Waals surface area contributed by atoms with Crippen molar-refractivity contribution < 1.29 is 14.3 Å². The van der Waals surface area contributed by atoms with Crippen LogP contribution in [0.25, 0.3) is 0 Å². The van der Waals surface area contributed by atoms with E-state index in [4.69, 9.17) is 4.74 Å². The molecule has 0 heterocycles. The average Bonchev–Trinajstić information content (AvgIpc) is 2.51. The third-order valence-corrected chi connectivity index (χ3v) is 4.42. The van der Waals surface area contributed by atoms with E-state index in [1.54, 1.807) is 24.3 Å². The summed E-state index contributed by atoms with van der Waals surface area (Å²) in [4.78, 5) is 24.8. The minimum Gasteiger partial charge on any atom is -0.451 e. The van der Waals surface area contributed by atoms with E-state index in [9.17, 15) is 9.59 Å². The van der Waals surface area contributed by atoms with Crippen molar-refractivity contribution in [1.29, 1.82) is 0 Å². The van der Waals surface area contributed by atoms with E-state index >= 15 is 0 Å². The summed E-state index contributed by atoms with van der Waals surface area (Å²) < 4.78 is 5.48. The van der Waals surface area contributed by atoms with Gasteiger partial charge in [-0.15, -0.1) is 0 Å². The fourth-order valence-corrected chi connectivity index (χ4v) is 3.02. The van der Waals surface area contributed by atoms with Crippen LogP contribution in [0.1, 0.15) is 62.7 Å². The largest absolute Gasteiger partial charge is 0.451 e. The van der Waals surface area contributed by atoms with E-state index < -0.39 is 12.1 Å². The Balaban J connectivity index is 2.03. The molecule has 3 nitrogen and oxygen atoms in total. The molecule has 2 rings (SSSR count). The maximum Gasteiger partial charge on any atom is 0.338 e. The molecule has 3 heteroatoms. The second-order valence-corrected chi connectivity index (χ2v) is 6.18. The molecule has 0 unspecified atom stereocenters. The highest BCUT2D eigenvalue weighted by Gasteiger charge is 2.42. The van der Waals surface area contributed by atoms with Crippen LogP contribution in [-0.4, -0.2) is 17.9 Å². The Morgan fingerprint density at radius 3 is 2.71 bits per heavy atom. The summed E-state index contributed by atoms with van der Waals surface area (Å²) in [6.45, 7) is 4.15. The van der Waals surface area contributed by atoms with Gasteiger partial charge in [-0.05, 0) is 37.8 Å². The van der Waals surface area contributed by atoms with Gasteiger partial charge >= 0.3 is 5.97 Å². The van der Waals surface area contributed by atoms with Crippen molar-refractivity contribution >= 4 is 11.8 Å². The number of hydrogen-bond acceptors (Lipinski definition) is 3. The Bertz CT molecular complexity index is 494. The third kappa shape index (κ3) is 3.72. The molecular formula is C18H24O3. The Morgan fingerprint density at radius 2 is 2.05 bits per heavy atom. The first-order valence-corrected chi connectivity index (χ1v) is 7.87. The van der Waals surface area contributed by atoms with Crippen LogP contribution in [0.2, 0.25) is 0 Å². The van der Waals surface area contributed by atoms with E-state index in [2.05, 4.69) is 6.92 Å². The summed E-state index contributed by atoms with van der Waals surface area (Å²) in [6.07, 6.45) is 4.94. The molecule has 114 valence electrons. The van der Waals surface area contributed by atoms with E-state index in [1.165, 1.54) is 0 Å². The molecule has 1 aliphatic carbocycles. The Kier molecular flexibility index (Phi) is 5.16. The number of hydrogen-bond donors (Lipinski definition) is 0. The average molecular weight is 288 g/mol. The number of esters is 1. The van der Waals surface area contributed by atoms with Crippen molar-refractivity contribution in [2.45, 2.75) is 58.5 Å². The third-order valence-electron chi connectivity index (χ3n) is 4.42. The van der Waals surface area contributed by atoms with Crippen LogP contribution in [0.3, 0.4) is 0 Å². The number of ether oxygens (including phenoxy) is 1. The quantitative estimate of drug-likeness (QED) is 0.764. The molecule has 2 atom stereocenters. The lowest BCUT2D eigenvalue weighted by Crippen LogP contribution is -2.43. The van der Waals surface area contributed by atoms with Crippen LogP contribution >= 0.6 is 0 Å². The lowest BCUT2D eigenvalue weighted by Gasteiger charge is -2.36. The second-order valence-electron chi connectivity index (χ2n) is 6.18. The highest BCUT2D eigenvalue weighted by molar-refractivity contribution is 5.94. The summed E-state index contributed by atoms with van der Waals surface area (Å²) in [7, 11) is 0. The molecule has 1 saturated carbocycles. The van der Waals surface area contributed by atoms with Crippen molar-refractivity contribution in [3.8, 4) is 0 Å². The minimum atomic E-state index is -0.576. The zero-order valence-corrected chi connectivity index (χ0v) is 12.9. The Morgan fingerprint density at radius 1 is 1.33 bits per heavy atom. The molecule has 0 spiro atoms. The highest BCUT2D eigenvalue weighted by Crippen LogP contribution is 2.38. The predicted octanol–water partition coefficient (Wildman–Crippen LogP) is 4.16. The fraction of sp³-hybridized carbons (Fsp3) is 0.556. The Labute approximate surface area is 126 Å². The summed E-state index contributed by atoms with van der Waals surface area (Å²) >= 11 is 0. The molecule has 1 aromatic carbocycles. The smallest absolute Gasteiger partial charge is 0.338 e. The lowest BCUT2D eigenvalue weighted by molar-refractivity contribution is -0.141. The fourth-order valence-electron chi connectivity index (χ4n) is 3.02. The maximum atomic E-state index is 12.6. The van der Waals surface area contributed by atoms with Crippen LogP contribution in [0.5, 0.6) is 0 Å². The van der Waals surface area contributed by atoms with Crippen molar-refractivity contribution in [2.75, 3.05) is 0 Å². The number of ketones is 1.